The zero-order valence-corrected chi connectivity index (χ0v) is 16.0. The lowest BCUT2D eigenvalue weighted by Gasteiger charge is -2.12. The first-order valence-corrected chi connectivity index (χ1v) is 8.57. The van der Waals surface area contributed by atoms with Crippen molar-refractivity contribution in [2.45, 2.75) is 19.2 Å². The lowest BCUT2D eigenvalue weighted by Crippen LogP contribution is -2.29. The van der Waals surface area contributed by atoms with Crippen molar-refractivity contribution in [3.8, 4) is 0 Å². The molecule has 0 heterocycles. The van der Waals surface area contributed by atoms with Crippen LogP contribution in [0.1, 0.15) is 35.3 Å². The third-order valence-electron chi connectivity index (χ3n) is 3.96. The number of carbonyl (C=O) groups is 1. The molecule has 9 heteroatoms. The van der Waals surface area contributed by atoms with Crippen molar-refractivity contribution in [1.29, 1.82) is 0 Å². The second kappa shape index (κ2) is 9.72. The molecule has 154 valence electrons. The maximum Gasteiger partial charge on any atom is 0.416 e. The van der Waals surface area contributed by atoms with E-state index in [0.717, 1.165) is 12.1 Å². The molecule has 0 bridgehead atoms. The van der Waals surface area contributed by atoms with Crippen LogP contribution >= 0.6 is 0 Å². The van der Waals surface area contributed by atoms with Crippen molar-refractivity contribution in [2.24, 2.45) is 10.3 Å². The standard InChI is InChI=1S/C20H20F3N3O3/c1-13(14-8-10-16(11-9-14)20(21,22)23)29-25-12-15-6-4-5-7-17(15)18(26-28-3)19(27)24-2/h4-13H,1-3H3,(H,24,27). The summed E-state index contributed by atoms with van der Waals surface area (Å²) in [5.74, 6) is -0.438. The van der Waals surface area contributed by atoms with Gasteiger partial charge in [-0.3, -0.25) is 4.79 Å². The van der Waals surface area contributed by atoms with Crippen molar-refractivity contribution in [3.05, 3.63) is 70.8 Å². The first-order chi connectivity index (χ1) is 13.8. The molecular formula is C20H20F3N3O3. The summed E-state index contributed by atoms with van der Waals surface area (Å²) < 4.78 is 37.9. The van der Waals surface area contributed by atoms with E-state index < -0.39 is 23.8 Å². The second-order valence-electron chi connectivity index (χ2n) is 5.89. The third kappa shape index (κ3) is 5.81. The fourth-order valence-corrected chi connectivity index (χ4v) is 2.43. The molecule has 0 aliphatic rings. The number of nitrogens with zero attached hydrogens (tertiary/aromatic N) is 2. The zero-order chi connectivity index (χ0) is 21.4. The van der Waals surface area contributed by atoms with Gasteiger partial charge >= 0.3 is 6.18 Å². The Bertz CT molecular complexity index is 894. The summed E-state index contributed by atoms with van der Waals surface area (Å²) in [7, 11) is 2.80. The Kier molecular flexibility index (Phi) is 7.35. The molecule has 1 amide bonds. The molecule has 0 aliphatic heterocycles. The van der Waals surface area contributed by atoms with Crippen LogP contribution in [0.4, 0.5) is 13.2 Å². The number of alkyl halides is 3. The molecule has 0 aromatic heterocycles. The van der Waals surface area contributed by atoms with Crippen LogP contribution in [0.3, 0.4) is 0 Å². The van der Waals surface area contributed by atoms with Crippen molar-refractivity contribution < 1.29 is 27.6 Å². The smallest absolute Gasteiger partial charge is 0.398 e. The van der Waals surface area contributed by atoms with Crippen LogP contribution in [-0.4, -0.2) is 32.0 Å². The largest absolute Gasteiger partial charge is 0.416 e. The molecule has 6 nitrogen and oxygen atoms in total. The van der Waals surface area contributed by atoms with Gasteiger partial charge in [0.05, 0.1) is 11.8 Å². The highest BCUT2D eigenvalue weighted by Crippen LogP contribution is 2.30. The van der Waals surface area contributed by atoms with E-state index in [2.05, 4.69) is 15.6 Å². The van der Waals surface area contributed by atoms with Gasteiger partial charge in [0, 0.05) is 18.2 Å². The Balaban J connectivity index is 2.16. The highest BCUT2D eigenvalue weighted by atomic mass is 19.4. The second-order valence-corrected chi connectivity index (χ2v) is 5.89. The molecule has 0 saturated carbocycles. The summed E-state index contributed by atoms with van der Waals surface area (Å²) >= 11 is 0. The molecule has 0 aliphatic carbocycles. The van der Waals surface area contributed by atoms with E-state index in [4.69, 9.17) is 9.68 Å². The molecule has 2 aromatic carbocycles. The normalized spacial score (nSPS) is 13.2. The number of amides is 1. The van der Waals surface area contributed by atoms with Crippen molar-refractivity contribution >= 4 is 17.8 Å². The number of likely N-dealkylation sites (N-methyl/N-ethyl adjacent to an activating group) is 1. The molecule has 1 unspecified atom stereocenters. The van der Waals surface area contributed by atoms with Gasteiger partial charge in [0.2, 0.25) is 0 Å². The lowest BCUT2D eigenvalue weighted by atomic mass is 10.0. The number of oxime groups is 2. The fourth-order valence-electron chi connectivity index (χ4n) is 2.43. The first-order valence-electron chi connectivity index (χ1n) is 8.57. The molecule has 2 rings (SSSR count). The predicted octanol–water partition coefficient (Wildman–Crippen LogP) is 3.91. The molecule has 0 saturated heterocycles. The van der Waals surface area contributed by atoms with Gasteiger partial charge in [0.25, 0.3) is 5.91 Å². The van der Waals surface area contributed by atoms with E-state index in [-0.39, 0.29) is 5.71 Å². The molecule has 1 atom stereocenters. The maximum absolute atomic E-state index is 12.6. The van der Waals surface area contributed by atoms with Crippen molar-refractivity contribution in [2.75, 3.05) is 14.2 Å². The zero-order valence-electron chi connectivity index (χ0n) is 16.0. The summed E-state index contributed by atoms with van der Waals surface area (Å²) in [5, 5.41) is 10.1. The Hall–Kier alpha value is -3.36. The highest BCUT2D eigenvalue weighted by molar-refractivity contribution is 6.46. The van der Waals surface area contributed by atoms with Gasteiger partial charge in [0.1, 0.15) is 13.2 Å². The molecule has 0 spiro atoms. The van der Waals surface area contributed by atoms with Crippen LogP contribution in [0.25, 0.3) is 0 Å². The molecule has 0 fully saturated rings. The summed E-state index contributed by atoms with van der Waals surface area (Å²) in [6.45, 7) is 1.66. The molecule has 1 N–H and O–H groups in total. The maximum atomic E-state index is 12.6. The van der Waals surface area contributed by atoms with Gasteiger partial charge in [-0.25, -0.2) is 0 Å². The Morgan fingerprint density at radius 3 is 2.38 bits per heavy atom. The van der Waals surface area contributed by atoms with Gasteiger partial charge < -0.3 is 15.0 Å². The molecule has 0 radical (unpaired) electrons. The number of hydrogen-bond acceptors (Lipinski definition) is 5. The van der Waals surface area contributed by atoms with Crippen molar-refractivity contribution in [3.63, 3.8) is 0 Å². The minimum Gasteiger partial charge on any atom is -0.398 e. The molecule has 29 heavy (non-hydrogen) atoms. The van der Waals surface area contributed by atoms with Crippen molar-refractivity contribution in [1.82, 2.24) is 5.32 Å². The average Bonchev–Trinajstić information content (AvgIpc) is 2.71. The summed E-state index contributed by atoms with van der Waals surface area (Å²) in [6, 6.07) is 11.5. The van der Waals surface area contributed by atoms with E-state index in [9.17, 15) is 18.0 Å². The van der Waals surface area contributed by atoms with E-state index >= 15 is 0 Å². The fraction of sp³-hybridized carbons (Fsp3) is 0.250. The monoisotopic (exact) mass is 407 g/mol. The van der Waals surface area contributed by atoms with Crippen LogP contribution in [0.2, 0.25) is 0 Å². The highest BCUT2D eigenvalue weighted by Gasteiger charge is 2.30. The minimum atomic E-state index is -4.39. The number of hydrogen-bond donors (Lipinski definition) is 1. The van der Waals surface area contributed by atoms with Gasteiger partial charge in [-0.1, -0.05) is 46.7 Å². The van der Waals surface area contributed by atoms with Gasteiger partial charge in [-0.2, -0.15) is 13.2 Å². The number of rotatable bonds is 7. The average molecular weight is 407 g/mol. The first kappa shape index (κ1) is 21.9. The van der Waals surface area contributed by atoms with Crippen LogP contribution in [0.15, 0.2) is 58.8 Å². The Labute approximate surface area is 166 Å². The van der Waals surface area contributed by atoms with Crippen LogP contribution < -0.4 is 5.32 Å². The topological polar surface area (TPSA) is 72.3 Å². The van der Waals surface area contributed by atoms with Crippen LogP contribution in [0.5, 0.6) is 0 Å². The molecular weight excluding hydrogens is 387 g/mol. The molecule has 2 aromatic rings. The van der Waals surface area contributed by atoms with Crippen LogP contribution in [0, 0.1) is 0 Å². The number of halogens is 3. The van der Waals surface area contributed by atoms with E-state index in [1.807, 2.05) is 0 Å². The SMILES string of the molecule is CNC(=O)C(=NOC)c1ccccc1C=NOC(C)c1ccc(C(F)(F)F)cc1. The van der Waals surface area contributed by atoms with Gasteiger partial charge in [0.15, 0.2) is 5.71 Å². The third-order valence-corrected chi connectivity index (χ3v) is 3.96. The van der Waals surface area contributed by atoms with E-state index in [1.165, 1.54) is 32.5 Å². The van der Waals surface area contributed by atoms with Crippen LogP contribution in [-0.2, 0) is 20.6 Å². The quantitative estimate of drug-likeness (QED) is 0.559. The summed E-state index contributed by atoms with van der Waals surface area (Å²) in [6.07, 6.45) is -3.58. The Morgan fingerprint density at radius 1 is 1.14 bits per heavy atom. The van der Waals surface area contributed by atoms with Gasteiger partial charge in [-0.05, 0) is 24.6 Å². The number of benzene rings is 2. The summed E-state index contributed by atoms with van der Waals surface area (Å²) in [4.78, 5) is 22.1. The minimum absolute atomic E-state index is 0.0628. The van der Waals surface area contributed by atoms with E-state index in [1.54, 1.807) is 31.2 Å². The summed E-state index contributed by atoms with van der Waals surface area (Å²) in [5.41, 5.74) is 0.892. The Morgan fingerprint density at radius 2 is 1.79 bits per heavy atom. The van der Waals surface area contributed by atoms with E-state index in [0.29, 0.717) is 16.7 Å². The predicted molar refractivity (Wildman–Crippen MR) is 103 cm³/mol. The van der Waals surface area contributed by atoms with Gasteiger partial charge in [-0.15, -0.1) is 0 Å². The lowest BCUT2D eigenvalue weighted by molar-refractivity contribution is -0.137. The number of nitrogens with one attached hydrogen (secondary N) is 1. The number of carbonyl (C=O) groups excluding carboxylic acids is 1.